The molecule has 0 amide bonds. The smallest absolute Gasteiger partial charge is 0.111 e. The Morgan fingerprint density at radius 3 is 2.36 bits per heavy atom. The molecule has 0 saturated heterocycles. The van der Waals surface area contributed by atoms with Crippen molar-refractivity contribution in [2.45, 2.75) is 12.3 Å². The van der Waals surface area contributed by atoms with Crippen LogP contribution in [0, 0.1) is 0 Å². The summed E-state index contributed by atoms with van der Waals surface area (Å²) in [5, 5.41) is 1.40. The van der Waals surface area contributed by atoms with Gasteiger partial charge >= 0.3 is 0 Å². The number of nitrogens with two attached hydrogens (primary N) is 1. The van der Waals surface area contributed by atoms with Crippen LogP contribution in [0.2, 0.25) is 0 Å². The van der Waals surface area contributed by atoms with Crippen LogP contribution in [0.15, 0.2) is 0 Å². The highest BCUT2D eigenvalue weighted by atomic mass is 32.2. The second kappa shape index (κ2) is 5.44. The third-order valence-electron chi connectivity index (χ3n) is 1.01. The molecule has 7 heteroatoms. The van der Waals surface area contributed by atoms with Crippen LogP contribution >= 0.6 is 0 Å². The molecule has 7 N–H and O–H groups in total. The van der Waals surface area contributed by atoms with E-state index < -0.39 is 15.5 Å². The van der Waals surface area contributed by atoms with Gasteiger partial charge in [-0.2, -0.15) is 0 Å². The summed E-state index contributed by atoms with van der Waals surface area (Å²) in [6.45, 7) is 1.94. The lowest BCUT2D eigenvalue weighted by molar-refractivity contribution is 0.439. The average Bonchev–Trinajstić information content (AvgIpc) is 1.80. The Hall–Kier alpha value is -0.210. The van der Waals surface area contributed by atoms with E-state index in [1.54, 1.807) is 0 Å². The van der Waals surface area contributed by atoms with E-state index in [9.17, 15) is 13.0 Å². The molecule has 0 aliphatic carbocycles. The number of quaternary nitrogens is 1. The molecular weight excluding hydrogens is 170 g/mol. The van der Waals surface area contributed by atoms with Crippen molar-refractivity contribution in [2.75, 3.05) is 13.1 Å². The first kappa shape index (κ1) is 13.4. The summed E-state index contributed by atoms with van der Waals surface area (Å²) < 4.78 is 30.5. The van der Waals surface area contributed by atoms with Crippen molar-refractivity contribution in [3.8, 4) is 0 Å². The van der Waals surface area contributed by atoms with Crippen LogP contribution in [0.1, 0.15) is 6.92 Å². The topological polar surface area (TPSA) is 132 Å². The summed E-state index contributed by atoms with van der Waals surface area (Å²) in [7, 11) is -4.19. The first-order valence-corrected chi connectivity index (χ1v) is 4.33. The van der Waals surface area contributed by atoms with Gasteiger partial charge < -0.3 is 21.8 Å². The summed E-state index contributed by atoms with van der Waals surface area (Å²) in [4.78, 5) is 0. The molecule has 6 nitrogen and oxygen atoms in total. The van der Waals surface area contributed by atoms with Crippen molar-refractivity contribution < 1.29 is 13.0 Å². The molecule has 1 atom stereocenters. The lowest BCUT2D eigenvalue weighted by atomic mass is 10.6. The molecule has 0 aromatic rings. The Labute approximate surface area is 66.5 Å². The zero-order chi connectivity index (χ0) is 8.20. The zero-order valence-electron chi connectivity index (χ0n) is 6.70. The van der Waals surface area contributed by atoms with E-state index in [-0.39, 0.29) is 6.15 Å². The number of nitrogens with one attached hydrogen (secondary N) is 1. The molecule has 0 fully saturated rings. The van der Waals surface area contributed by atoms with Crippen molar-refractivity contribution in [1.82, 2.24) is 11.5 Å². The molecule has 70 valence electrons. The van der Waals surface area contributed by atoms with E-state index in [0.29, 0.717) is 13.1 Å². The average molecular weight is 185 g/mol. The molecule has 0 bridgehead atoms. The Morgan fingerprint density at radius 2 is 2.09 bits per heavy atom. The molecule has 0 rings (SSSR count). The van der Waals surface area contributed by atoms with Gasteiger partial charge in [-0.15, -0.1) is 0 Å². The van der Waals surface area contributed by atoms with E-state index in [4.69, 9.17) is 5.73 Å². The fourth-order valence-electron chi connectivity index (χ4n) is 0.389. The molecule has 11 heavy (non-hydrogen) atoms. The Bertz CT molecular complexity index is 179. The first-order chi connectivity index (χ1) is 4.48. The second-order valence-electron chi connectivity index (χ2n) is 1.88. The lowest BCUT2D eigenvalue weighted by Gasteiger charge is -2.16. The SMILES string of the molecule is CC(NCCN)S(=O)(=O)[O-].[NH4+]. The van der Waals surface area contributed by atoms with E-state index in [0.717, 1.165) is 0 Å². The molecule has 0 aliphatic heterocycles. The normalized spacial score (nSPS) is 13.7. The molecule has 0 aromatic heterocycles. The van der Waals surface area contributed by atoms with Crippen molar-refractivity contribution in [3.63, 3.8) is 0 Å². The van der Waals surface area contributed by atoms with Gasteiger partial charge in [0.1, 0.15) is 10.1 Å². The summed E-state index contributed by atoms with van der Waals surface area (Å²) in [6, 6.07) is 0. The molecule has 0 saturated carbocycles. The predicted molar refractivity (Wildman–Crippen MR) is 42.2 cm³/mol. The highest BCUT2D eigenvalue weighted by Crippen LogP contribution is 1.89. The van der Waals surface area contributed by atoms with Crippen molar-refractivity contribution in [2.24, 2.45) is 5.73 Å². The summed E-state index contributed by atoms with van der Waals surface area (Å²) in [6.07, 6.45) is 0. The van der Waals surface area contributed by atoms with Gasteiger partial charge in [-0.05, 0) is 6.92 Å². The minimum atomic E-state index is -4.19. The van der Waals surface area contributed by atoms with Crippen molar-refractivity contribution in [1.29, 1.82) is 0 Å². The van der Waals surface area contributed by atoms with E-state index in [1.807, 2.05) is 0 Å². The second-order valence-corrected chi connectivity index (χ2v) is 3.57. The van der Waals surface area contributed by atoms with E-state index in [1.165, 1.54) is 6.92 Å². The zero-order valence-corrected chi connectivity index (χ0v) is 7.52. The van der Waals surface area contributed by atoms with Gasteiger partial charge in [0.25, 0.3) is 0 Å². The lowest BCUT2D eigenvalue weighted by Crippen LogP contribution is -2.36. The molecule has 1 unspecified atom stereocenters. The Morgan fingerprint density at radius 1 is 1.64 bits per heavy atom. The quantitative estimate of drug-likeness (QED) is 0.473. The number of hydrogen-bond donors (Lipinski definition) is 3. The van der Waals surface area contributed by atoms with Crippen molar-refractivity contribution >= 4 is 10.1 Å². The highest BCUT2D eigenvalue weighted by Gasteiger charge is 2.06. The summed E-state index contributed by atoms with van der Waals surface area (Å²) in [5.74, 6) is 0. The minimum absolute atomic E-state index is 0. The van der Waals surface area contributed by atoms with Gasteiger partial charge in [-0.1, -0.05) is 0 Å². The molecule has 0 radical (unpaired) electrons. The summed E-state index contributed by atoms with van der Waals surface area (Å²) in [5.41, 5.74) is 5.06. The molecule has 0 aliphatic rings. The maximum Gasteiger partial charge on any atom is 0.111 e. The highest BCUT2D eigenvalue weighted by molar-refractivity contribution is 7.86. The van der Waals surface area contributed by atoms with E-state index >= 15 is 0 Å². The van der Waals surface area contributed by atoms with E-state index in [2.05, 4.69) is 5.32 Å². The Kier molecular flexibility index (Phi) is 6.62. The van der Waals surface area contributed by atoms with Crippen molar-refractivity contribution in [3.05, 3.63) is 0 Å². The van der Waals surface area contributed by atoms with Gasteiger partial charge in [-0.25, -0.2) is 8.42 Å². The third kappa shape index (κ3) is 6.20. The van der Waals surface area contributed by atoms with Gasteiger partial charge in [0, 0.05) is 13.1 Å². The predicted octanol–water partition coefficient (Wildman–Crippen LogP) is -1.20. The van der Waals surface area contributed by atoms with Gasteiger partial charge in [-0.3, -0.25) is 0 Å². The molecule has 0 heterocycles. The van der Waals surface area contributed by atoms with Gasteiger partial charge in [0.05, 0.1) is 5.37 Å². The molecule has 0 aromatic carbocycles. The van der Waals surface area contributed by atoms with Crippen LogP contribution in [-0.4, -0.2) is 31.4 Å². The van der Waals surface area contributed by atoms with Crippen LogP contribution in [0.4, 0.5) is 0 Å². The van der Waals surface area contributed by atoms with Gasteiger partial charge in [0.2, 0.25) is 0 Å². The minimum Gasteiger partial charge on any atom is -0.747 e. The van der Waals surface area contributed by atoms with Gasteiger partial charge in [0.15, 0.2) is 0 Å². The summed E-state index contributed by atoms with van der Waals surface area (Å²) >= 11 is 0. The monoisotopic (exact) mass is 185 g/mol. The largest absolute Gasteiger partial charge is 0.747 e. The van der Waals surface area contributed by atoms with Crippen LogP contribution in [0.5, 0.6) is 0 Å². The third-order valence-corrected chi connectivity index (χ3v) is 2.04. The first-order valence-electron chi connectivity index (χ1n) is 2.86. The van der Waals surface area contributed by atoms with Crippen LogP contribution in [-0.2, 0) is 10.1 Å². The number of rotatable bonds is 4. The maximum atomic E-state index is 10.2. The molecule has 0 spiro atoms. The maximum absolute atomic E-state index is 10.2. The van der Waals surface area contributed by atoms with Crippen LogP contribution < -0.4 is 17.2 Å². The van der Waals surface area contributed by atoms with Crippen LogP contribution in [0.3, 0.4) is 0 Å². The molecular formula is C4H15N3O3S. The fraction of sp³-hybridized carbons (Fsp3) is 1.00. The Balaban J connectivity index is 0. The van der Waals surface area contributed by atoms with Crippen LogP contribution in [0.25, 0.3) is 0 Å². The number of hydrogen-bond acceptors (Lipinski definition) is 5. The standard InChI is InChI=1S/C4H12N2O3S.H3N/c1-4(6-3-2-5)10(7,8)9;/h4,6H,2-3,5H2,1H3,(H,7,8,9);1H3. The fourth-order valence-corrected chi connectivity index (χ4v) is 0.711.